The second-order valence-corrected chi connectivity index (χ2v) is 7.22. The quantitative estimate of drug-likeness (QED) is 0.548. The molecule has 2 aliphatic carbocycles. The Kier molecular flexibility index (Phi) is 5.40. The number of allylic oxidation sites excluding steroid dienone is 1. The minimum absolute atomic E-state index is 0.338. The number of fused-ring (bicyclic) bond motifs is 1. The highest BCUT2D eigenvalue weighted by Crippen LogP contribution is 2.41. The number of ether oxygens (including phenoxy) is 1. The maximum absolute atomic E-state index is 14.3. The van der Waals surface area contributed by atoms with Crippen molar-refractivity contribution in [2.45, 2.75) is 64.7 Å². The largest absolute Gasteiger partial charge is 0.573 e. The van der Waals surface area contributed by atoms with Crippen molar-refractivity contribution in [1.29, 1.82) is 0 Å². The van der Waals surface area contributed by atoms with Crippen LogP contribution in [-0.4, -0.2) is 6.36 Å². The van der Waals surface area contributed by atoms with Gasteiger partial charge in [0.05, 0.1) is 0 Å². The molecule has 0 aliphatic heterocycles. The van der Waals surface area contributed by atoms with Crippen LogP contribution in [0, 0.1) is 17.7 Å². The van der Waals surface area contributed by atoms with Gasteiger partial charge in [-0.1, -0.05) is 37.5 Å². The molecule has 0 heterocycles. The van der Waals surface area contributed by atoms with Gasteiger partial charge in [0, 0.05) is 0 Å². The van der Waals surface area contributed by atoms with E-state index in [1.165, 1.54) is 44.1 Å². The first kappa shape index (κ1) is 18.3. The molecule has 0 radical (unpaired) electrons. The van der Waals surface area contributed by atoms with Crippen LogP contribution in [0.25, 0.3) is 6.08 Å². The van der Waals surface area contributed by atoms with Crippen molar-refractivity contribution in [3.8, 4) is 5.75 Å². The van der Waals surface area contributed by atoms with Crippen LogP contribution in [0.1, 0.15) is 63.0 Å². The van der Waals surface area contributed by atoms with Crippen molar-refractivity contribution < 1.29 is 22.3 Å². The third kappa shape index (κ3) is 4.36. The highest BCUT2D eigenvalue weighted by Gasteiger charge is 2.33. The summed E-state index contributed by atoms with van der Waals surface area (Å²) < 4.78 is 55.1. The summed E-state index contributed by atoms with van der Waals surface area (Å²) >= 11 is 0. The highest BCUT2D eigenvalue weighted by atomic mass is 19.4. The Morgan fingerprint density at radius 3 is 2.44 bits per heavy atom. The lowest BCUT2D eigenvalue weighted by Gasteiger charge is -2.32. The molecular formula is C20H24F4O. The van der Waals surface area contributed by atoms with Crippen molar-refractivity contribution in [2.75, 3.05) is 0 Å². The molecule has 1 aromatic rings. The van der Waals surface area contributed by atoms with Crippen molar-refractivity contribution in [2.24, 2.45) is 11.8 Å². The van der Waals surface area contributed by atoms with Crippen LogP contribution in [0.3, 0.4) is 0 Å². The van der Waals surface area contributed by atoms with Gasteiger partial charge in [-0.25, -0.2) is 4.39 Å². The van der Waals surface area contributed by atoms with E-state index in [2.05, 4.69) is 11.7 Å². The van der Waals surface area contributed by atoms with Gasteiger partial charge in [0.2, 0.25) is 0 Å². The van der Waals surface area contributed by atoms with Crippen LogP contribution in [0.2, 0.25) is 0 Å². The van der Waals surface area contributed by atoms with E-state index in [9.17, 15) is 17.6 Å². The van der Waals surface area contributed by atoms with Crippen LogP contribution in [-0.2, 0) is 6.42 Å². The van der Waals surface area contributed by atoms with Gasteiger partial charge in [-0.2, -0.15) is 0 Å². The Morgan fingerprint density at radius 1 is 1.08 bits per heavy atom. The molecule has 0 amide bonds. The van der Waals surface area contributed by atoms with E-state index < -0.39 is 17.9 Å². The second-order valence-electron chi connectivity index (χ2n) is 7.22. The van der Waals surface area contributed by atoms with Crippen molar-refractivity contribution in [3.05, 3.63) is 34.6 Å². The van der Waals surface area contributed by atoms with E-state index in [1.807, 2.05) is 6.08 Å². The molecule has 0 bridgehead atoms. The van der Waals surface area contributed by atoms with E-state index in [-0.39, 0.29) is 0 Å². The highest BCUT2D eigenvalue weighted by molar-refractivity contribution is 5.62. The summed E-state index contributed by atoms with van der Waals surface area (Å²) in [6, 6.07) is 2.63. The Hall–Kier alpha value is -1.52. The summed E-state index contributed by atoms with van der Waals surface area (Å²) in [5, 5.41) is 0. The molecule has 25 heavy (non-hydrogen) atoms. The molecular weight excluding hydrogens is 332 g/mol. The van der Waals surface area contributed by atoms with E-state index in [4.69, 9.17) is 0 Å². The number of rotatable bonds is 4. The summed E-state index contributed by atoms with van der Waals surface area (Å²) in [5.41, 5.74) is 2.36. The first-order valence-corrected chi connectivity index (χ1v) is 9.15. The Bertz CT molecular complexity index is 640. The number of hydrogen-bond acceptors (Lipinski definition) is 1. The number of halogens is 4. The maximum atomic E-state index is 14.3. The van der Waals surface area contributed by atoms with Gasteiger partial charge in [-0.3, -0.25) is 0 Å². The summed E-state index contributed by atoms with van der Waals surface area (Å²) in [6.45, 7) is 2.22. The van der Waals surface area contributed by atoms with Gasteiger partial charge >= 0.3 is 6.36 Å². The van der Waals surface area contributed by atoms with E-state index in [0.717, 1.165) is 18.4 Å². The minimum Gasteiger partial charge on any atom is -0.403 e. The maximum Gasteiger partial charge on any atom is 0.573 e. The Morgan fingerprint density at radius 2 is 1.80 bits per heavy atom. The fraction of sp³-hybridized carbons (Fsp3) is 0.600. The lowest BCUT2D eigenvalue weighted by Crippen LogP contribution is -2.20. The molecule has 1 aromatic carbocycles. The molecule has 0 N–H and O–H groups in total. The molecule has 0 spiro atoms. The molecule has 5 heteroatoms. The molecule has 0 aromatic heterocycles. The molecule has 2 aliphatic rings. The van der Waals surface area contributed by atoms with E-state index in [1.54, 1.807) is 6.07 Å². The van der Waals surface area contributed by atoms with Crippen LogP contribution in [0.4, 0.5) is 17.6 Å². The topological polar surface area (TPSA) is 9.23 Å². The van der Waals surface area contributed by atoms with Gasteiger partial charge in [0.25, 0.3) is 0 Å². The third-order valence-corrected chi connectivity index (χ3v) is 5.54. The Balaban J connectivity index is 1.74. The van der Waals surface area contributed by atoms with Gasteiger partial charge in [0.15, 0.2) is 11.6 Å². The third-order valence-electron chi connectivity index (χ3n) is 5.54. The summed E-state index contributed by atoms with van der Waals surface area (Å²) in [5.74, 6) is -0.243. The second kappa shape index (κ2) is 7.38. The first-order valence-electron chi connectivity index (χ1n) is 9.15. The van der Waals surface area contributed by atoms with Crippen LogP contribution >= 0.6 is 0 Å². The van der Waals surface area contributed by atoms with Crippen LogP contribution in [0.5, 0.6) is 5.75 Å². The average Bonchev–Trinajstić information content (AvgIpc) is 2.57. The molecule has 1 saturated carbocycles. The zero-order valence-corrected chi connectivity index (χ0v) is 14.5. The SMILES string of the molecule is CCCC1CCC(C2=Cc3ccc(OC(F)(F)F)c(F)c3CC2)CC1. The fourth-order valence-electron chi connectivity index (χ4n) is 4.30. The van der Waals surface area contributed by atoms with Crippen molar-refractivity contribution >= 4 is 6.08 Å². The standard InChI is InChI=1S/C20H24F4O/c1-2-3-13-4-6-14(7-5-13)15-8-10-17-16(12-15)9-11-18(19(17)21)25-20(22,23)24/h9,11-14H,2-8,10H2,1H3. The number of hydrogen-bond donors (Lipinski definition) is 0. The molecule has 0 saturated heterocycles. The van der Waals surface area contributed by atoms with Crippen molar-refractivity contribution in [3.63, 3.8) is 0 Å². The minimum atomic E-state index is -4.87. The zero-order valence-electron chi connectivity index (χ0n) is 14.5. The summed E-state index contributed by atoms with van der Waals surface area (Å²) in [7, 11) is 0. The monoisotopic (exact) mass is 356 g/mol. The summed E-state index contributed by atoms with van der Waals surface area (Å²) in [4.78, 5) is 0. The normalized spacial score (nSPS) is 23.8. The molecule has 1 fully saturated rings. The number of alkyl halides is 3. The van der Waals surface area contributed by atoms with Crippen LogP contribution < -0.4 is 4.74 Å². The Labute approximate surface area is 146 Å². The molecule has 1 nitrogen and oxygen atoms in total. The van der Waals surface area contributed by atoms with Crippen LogP contribution in [0.15, 0.2) is 17.7 Å². The smallest absolute Gasteiger partial charge is 0.403 e. The van der Waals surface area contributed by atoms with Gasteiger partial charge in [-0.05, 0) is 67.6 Å². The molecule has 3 rings (SSSR count). The zero-order chi connectivity index (χ0) is 18.0. The first-order chi connectivity index (χ1) is 11.9. The van der Waals surface area contributed by atoms with E-state index >= 15 is 0 Å². The summed E-state index contributed by atoms with van der Waals surface area (Å²) in [6.07, 6.45) is 5.64. The molecule has 0 atom stereocenters. The fourth-order valence-corrected chi connectivity index (χ4v) is 4.30. The lowest BCUT2D eigenvalue weighted by molar-refractivity contribution is -0.275. The predicted molar refractivity (Wildman–Crippen MR) is 89.7 cm³/mol. The number of benzene rings is 1. The van der Waals surface area contributed by atoms with Gasteiger partial charge in [-0.15, -0.1) is 13.2 Å². The van der Waals surface area contributed by atoms with Gasteiger partial charge in [0.1, 0.15) is 0 Å². The van der Waals surface area contributed by atoms with Gasteiger partial charge < -0.3 is 4.74 Å². The lowest BCUT2D eigenvalue weighted by atomic mass is 9.74. The predicted octanol–water partition coefficient (Wildman–Crippen LogP) is 6.66. The molecule has 0 unspecified atom stereocenters. The average molecular weight is 356 g/mol. The molecule has 138 valence electrons. The van der Waals surface area contributed by atoms with Crippen molar-refractivity contribution in [1.82, 2.24) is 0 Å². The van der Waals surface area contributed by atoms with E-state index in [0.29, 0.717) is 23.5 Å².